The second kappa shape index (κ2) is 3.81. The summed E-state index contributed by atoms with van der Waals surface area (Å²) in [4.78, 5) is 0. The van der Waals surface area contributed by atoms with Gasteiger partial charge in [-0.3, -0.25) is 4.68 Å². The number of aromatic nitrogens is 2. The SMILES string of the molecule is Cc1nn(C)c(C)c1-c1ccc(Br)cc1. The highest BCUT2D eigenvalue weighted by Gasteiger charge is 2.10. The Labute approximate surface area is 98.1 Å². The summed E-state index contributed by atoms with van der Waals surface area (Å²) in [6.45, 7) is 4.14. The zero-order valence-corrected chi connectivity index (χ0v) is 10.7. The number of nitrogens with zero attached hydrogens (tertiary/aromatic N) is 2. The van der Waals surface area contributed by atoms with Gasteiger partial charge in [0.15, 0.2) is 0 Å². The van der Waals surface area contributed by atoms with E-state index in [1.165, 1.54) is 16.8 Å². The molecule has 78 valence electrons. The summed E-state index contributed by atoms with van der Waals surface area (Å²) < 4.78 is 3.03. The van der Waals surface area contributed by atoms with E-state index in [2.05, 4.69) is 52.2 Å². The molecule has 1 aromatic heterocycles. The number of halogens is 1. The van der Waals surface area contributed by atoms with Crippen LogP contribution in [0.25, 0.3) is 11.1 Å². The molecule has 0 radical (unpaired) electrons. The molecule has 2 rings (SSSR count). The maximum absolute atomic E-state index is 4.41. The van der Waals surface area contributed by atoms with Gasteiger partial charge in [0.25, 0.3) is 0 Å². The molecule has 0 aliphatic heterocycles. The van der Waals surface area contributed by atoms with Crippen molar-refractivity contribution in [2.45, 2.75) is 13.8 Å². The summed E-state index contributed by atoms with van der Waals surface area (Å²) in [5.41, 5.74) is 4.75. The molecule has 0 atom stereocenters. The van der Waals surface area contributed by atoms with Crippen LogP contribution < -0.4 is 0 Å². The normalized spacial score (nSPS) is 10.7. The minimum atomic E-state index is 1.08. The smallest absolute Gasteiger partial charge is 0.0674 e. The monoisotopic (exact) mass is 264 g/mol. The zero-order valence-electron chi connectivity index (χ0n) is 9.08. The summed E-state index contributed by atoms with van der Waals surface area (Å²) >= 11 is 3.44. The van der Waals surface area contributed by atoms with Gasteiger partial charge >= 0.3 is 0 Å². The number of hydrogen-bond acceptors (Lipinski definition) is 1. The molecular formula is C12H13BrN2. The van der Waals surface area contributed by atoms with Crippen LogP contribution in [0.3, 0.4) is 0 Å². The Morgan fingerprint density at radius 2 is 1.73 bits per heavy atom. The fourth-order valence-corrected chi connectivity index (χ4v) is 2.07. The molecule has 2 aromatic rings. The zero-order chi connectivity index (χ0) is 11.0. The van der Waals surface area contributed by atoms with Crippen molar-refractivity contribution >= 4 is 15.9 Å². The molecular weight excluding hydrogens is 252 g/mol. The maximum Gasteiger partial charge on any atom is 0.0674 e. The van der Waals surface area contributed by atoms with Gasteiger partial charge in [-0.05, 0) is 31.5 Å². The first kappa shape index (κ1) is 10.4. The van der Waals surface area contributed by atoms with E-state index >= 15 is 0 Å². The minimum absolute atomic E-state index is 1.08. The van der Waals surface area contributed by atoms with Crippen molar-refractivity contribution in [1.29, 1.82) is 0 Å². The largest absolute Gasteiger partial charge is 0.272 e. The molecule has 1 heterocycles. The van der Waals surface area contributed by atoms with E-state index in [0.29, 0.717) is 0 Å². The highest BCUT2D eigenvalue weighted by molar-refractivity contribution is 9.10. The summed E-state index contributed by atoms with van der Waals surface area (Å²) in [7, 11) is 1.98. The van der Waals surface area contributed by atoms with Gasteiger partial charge in [0.2, 0.25) is 0 Å². The highest BCUT2D eigenvalue weighted by Crippen LogP contribution is 2.27. The van der Waals surface area contributed by atoms with Crippen LogP contribution in [0.2, 0.25) is 0 Å². The molecule has 0 spiro atoms. The van der Waals surface area contributed by atoms with Crippen molar-refractivity contribution in [3.8, 4) is 11.1 Å². The van der Waals surface area contributed by atoms with Crippen LogP contribution in [-0.2, 0) is 7.05 Å². The van der Waals surface area contributed by atoms with Gasteiger partial charge in [-0.15, -0.1) is 0 Å². The van der Waals surface area contributed by atoms with Crippen molar-refractivity contribution < 1.29 is 0 Å². The number of rotatable bonds is 1. The Kier molecular flexibility index (Phi) is 2.65. The highest BCUT2D eigenvalue weighted by atomic mass is 79.9. The lowest BCUT2D eigenvalue weighted by Crippen LogP contribution is -1.92. The van der Waals surface area contributed by atoms with Gasteiger partial charge in [0, 0.05) is 22.8 Å². The van der Waals surface area contributed by atoms with Crippen molar-refractivity contribution in [3.05, 3.63) is 40.1 Å². The minimum Gasteiger partial charge on any atom is -0.272 e. The lowest BCUT2D eigenvalue weighted by molar-refractivity contribution is 0.731. The third-order valence-corrected chi connectivity index (χ3v) is 3.17. The maximum atomic E-state index is 4.41. The topological polar surface area (TPSA) is 17.8 Å². The Bertz CT molecular complexity index is 483. The molecule has 0 saturated carbocycles. The lowest BCUT2D eigenvalue weighted by atomic mass is 10.0. The molecule has 0 fully saturated rings. The molecule has 0 bridgehead atoms. The van der Waals surface area contributed by atoms with Crippen molar-refractivity contribution in [2.75, 3.05) is 0 Å². The van der Waals surface area contributed by atoms with Crippen LogP contribution in [0, 0.1) is 13.8 Å². The van der Waals surface area contributed by atoms with Gasteiger partial charge in [-0.25, -0.2) is 0 Å². The molecule has 2 nitrogen and oxygen atoms in total. The standard InChI is InChI=1S/C12H13BrN2/c1-8-12(9(2)15(3)14-8)10-4-6-11(13)7-5-10/h4-7H,1-3H3. The first-order valence-corrected chi connectivity index (χ1v) is 5.65. The van der Waals surface area contributed by atoms with E-state index < -0.39 is 0 Å². The summed E-state index contributed by atoms with van der Waals surface area (Å²) in [6.07, 6.45) is 0. The molecule has 0 N–H and O–H groups in total. The van der Waals surface area contributed by atoms with Crippen LogP contribution >= 0.6 is 15.9 Å². The van der Waals surface area contributed by atoms with Crippen molar-refractivity contribution in [3.63, 3.8) is 0 Å². The second-order valence-corrected chi connectivity index (χ2v) is 4.59. The number of hydrogen-bond donors (Lipinski definition) is 0. The van der Waals surface area contributed by atoms with Crippen LogP contribution in [0.1, 0.15) is 11.4 Å². The molecule has 0 aliphatic rings. The van der Waals surface area contributed by atoms with Gasteiger partial charge in [0.1, 0.15) is 0 Å². The van der Waals surface area contributed by atoms with E-state index in [1.54, 1.807) is 0 Å². The summed E-state index contributed by atoms with van der Waals surface area (Å²) in [6, 6.07) is 8.34. The second-order valence-electron chi connectivity index (χ2n) is 3.68. The third-order valence-electron chi connectivity index (χ3n) is 2.64. The van der Waals surface area contributed by atoms with Crippen LogP contribution in [-0.4, -0.2) is 9.78 Å². The van der Waals surface area contributed by atoms with Gasteiger partial charge in [0.05, 0.1) is 5.69 Å². The number of benzene rings is 1. The molecule has 0 aliphatic carbocycles. The predicted molar refractivity (Wildman–Crippen MR) is 65.8 cm³/mol. The van der Waals surface area contributed by atoms with E-state index in [0.717, 1.165) is 10.2 Å². The van der Waals surface area contributed by atoms with Gasteiger partial charge in [-0.2, -0.15) is 5.10 Å². The molecule has 0 amide bonds. The Hall–Kier alpha value is -1.09. The van der Waals surface area contributed by atoms with Crippen LogP contribution in [0.15, 0.2) is 28.7 Å². The molecule has 0 saturated heterocycles. The molecule has 0 unspecified atom stereocenters. The molecule has 15 heavy (non-hydrogen) atoms. The van der Waals surface area contributed by atoms with Crippen molar-refractivity contribution in [1.82, 2.24) is 9.78 Å². The first-order chi connectivity index (χ1) is 7.09. The summed E-state index contributed by atoms with van der Waals surface area (Å²) in [5, 5.41) is 4.41. The predicted octanol–water partition coefficient (Wildman–Crippen LogP) is 3.47. The molecule has 3 heteroatoms. The van der Waals surface area contributed by atoms with E-state index in [9.17, 15) is 0 Å². The van der Waals surface area contributed by atoms with E-state index in [1.807, 2.05) is 18.7 Å². The van der Waals surface area contributed by atoms with Crippen LogP contribution in [0.4, 0.5) is 0 Å². The average Bonchev–Trinajstić information content (AvgIpc) is 2.44. The lowest BCUT2D eigenvalue weighted by Gasteiger charge is -2.02. The Balaban J connectivity index is 2.58. The van der Waals surface area contributed by atoms with Gasteiger partial charge < -0.3 is 0 Å². The fraction of sp³-hybridized carbons (Fsp3) is 0.250. The first-order valence-electron chi connectivity index (χ1n) is 4.85. The molecule has 1 aromatic carbocycles. The third kappa shape index (κ3) is 1.84. The van der Waals surface area contributed by atoms with E-state index in [-0.39, 0.29) is 0 Å². The Morgan fingerprint density at radius 1 is 1.13 bits per heavy atom. The van der Waals surface area contributed by atoms with Crippen LogP contribution in [0.5, 0.6) is 0 Å². The fourth-order valence-electron chi connectivity index (χ4n) is 1.81. The number of aryl methyl sites for hydroxylation is 2. The van der Waals surface area contributed by atoms with Crippen molar-refractivity contribution in [2.24, 2.45) is 7.05 Å². The Morgan fingerprint density at radius 3 is 2.20 bits per heavy atom. The summed E-state index contributed by atoms with van der Waals surface area (Å²) in [5.74, 6) is 0. The van der Waals surface area contributed by atoms with E-state index in [4.69, 9.17) is 0 Å². The quantitative estimate of drug-likeness (QED) is 0.772. The average molecular weight is 265 g/mol. The van der Waals surface area contributed by atoms with Gasteiger partial charge in [-0.1, -0.05) is 28.1 Å².